The van der Waals surface area contributed by atoms with E-state index in [1.54, 1.807) is 0 Å². The van der Waals surface area contributed by atoms with Crippen LogP contribution in [-0.4, -0.2) is 30.2 Å². The maximum absolute atomic E-state index is 10.1. The Morgan fingerprint density at radius 3 is 2.70 bits per heavy atom. The molecule has 0 saturated carbocycles. The van der Waals surface area contributed by atoms with Gasteiger partial charge in [-0.25, -0.2) is 0 Å². The van der Waals surface area contributed by atoms with Crippen LogP contribution in [-0.2, 0) is 9.47 Å². The van der Waals surface area contributed by atoms with Crippen LogP contribution in [0.5, 0.6) is 0 Å². The lowest BCUT2D eigenvalue weighted by Gasteiger charge is -2.46. The second kappa shape index (κ2) is 6.42. The minimum absolute atomic E-state index is 0.0614. The van der Waals surface area contributed by atoms with Crippen LogP contribution < -0.4 is 0 Å². The Hall–Kier alpha value is -0.640. The van der Waals surface area contributed by atoms with Gasteiger partial charge < -0.3 is 14.6 Å². The summed E-state index contributed by atoms with van der Waals surface area (Å²) < 4.78 is 11.6. The first-order valence-electron chi connectivity index (χ1n) is 7.78. The number of aliphatic hydroxyl groups is 1. The van der Waals surface area contributed by atoms with Gasteiger partial charge in [-0.1, -0.05) is 38.0 Å². The van der Waals surface area contributed by atoms with Crippen LogP contribution in [0.1, 0.15) is 52.9 Å². The highest BCUT2D eigenvalue weighted by Gasteiger charge is 2.43. The van der Waals surface area contributed by atoms with Crippen molar-refractivity contribution in [1.29, 1.82) is 0 Å². The van der Waals surface area contributed by atoms with Crippen LogP contribution >= 0.6 is 0 Å². The van der Waals surface area contributed by atoms with E-state index in [4.69, 9.17) is 9.47 Å². The smallest absolute Gasteiger partial charge is 0.162 e. The molecule has 1 unspecified atom stereocenters. The molecule has 0 amide bonds. The van der Waals surface area contributed by atoms with Gasteiger partial charge in [-0.05, 0) is 38.7 Å². The summed E-state index contributed by atoms with van der Waals surface area (Å²) >= 11 is 0. The molecule has 2 aliphatic rings. The molecular weight excluding hydrogens is 252 g/mol. The van der Waals surface area contributed by atoms with Crippen molar-refractivity contribution in [3.63, 3.8) is 0 Å². The summed E-state index contributed by atoms with van der Waals surface area (Å²) in [6, 6.07) is 0. The van der Waals surface area contributed by atoms with E-state index in [-0.39, 0.29) is 11.5 Å². The zero-order chi connectivity index (χ0) is 14.6. The summed E-state index contributed by atoms with van der Waals surface area (Å²) in [4.78, 5) is 0. The first-order valence-corrected chi connectivity index (χ1v) is 7.78. The second-order valence-corrected chi connectivity index (χ2v) is 6.71. The molecule has 1 fully saturated rings. The Balaban J connectivity index is 1.98. The average Bonchev–Trinajstić information content (AvgIpc) is 2.38. The summed E-state index contributed by atoms with van der Waals surface area (Å²) in [6.45, 7) is 7.42. The second-order valence-electron chi connectivity index (χ2n) is 6.71. The normalized spacial score (nSPS) is 28.8. The van der Waals surface area contributed by atoms with Crippen LogP contribution in [0.2, 0.25) is 0 Å². The third-order valence-corrected chi connectivity index (χ3v) is 4.14. The van der Waals surface area contributed by atoms with Crippen molar-refractivity contribution >= 4 is 0 Å². The van der Waals surface area contributed by atoms with E-state index in [0.717, 1.165) is 19.3 Å². The first kappa shape index (κ1) is 15.7. The fraction of sp³-hybridized carbons (Fsp3) is 0.765. The highest BCUT2D eigenvalue weighted by atomic mass is 16.7. The van der Waals surface area contributed by atoms with Crippen molar-refractivity contribution in [3.05, 3.63) is 23.8 Å². The molecule has 114 valence electrons. The Bertz CT molecular complexity index is 372. The summed E-state index contributed by atoms with van der Waals surface area (Å²) in [7, 11) is 0. The lowest BCUT2D eigenvalue weighted by molar-refractivity contribution is -0.289. The largest absolute Gasteiger partial charge is 0.389 e. The molecule has 1 heterocycles. The van der Waals surface area contributed by atoms with E-state index in [1.165, 1.54) is 18.4 Å². The molecule has 1 atom stereocenters. The summed E-state index contributed by atoms with van der Waals surface area (Å²) in [5, 5.41) is 10.1. The van der Waals surface area contributed by atoms with Crippen LogP contribution in [0.4, 0.5) is 0 Å². The van der Waals surface area contributed by atoms with Crippen LogP contribution in [0.25, 0.3) is 0 Å². The van der Waals surface area contributed by atoms with E-state index in [2.05, 4.69) is 19.1 Å². The number of ether oxygens (including phenoxy) is 2. The molecule has 1 aliphatic heterocycles. The van der Waals surface area contributed by atoms with Crippen molar-refractivity contribution in [2.24, 2.45) is 5.41 Å². The van der Waals surface area contributed by atoms with Gasteiger partial charge in [0.2, 0.25) is 0 Å². The Morgan fingerprint density at radius 1 is 1.35 bits per heavy atom. The zero-order valence-corrected chi connectivity index (χ0v) is 13.0. The average molecular weight is 280 g/mol. The zero-order valence-electron chi connectivity index (χ0n) is 13.0. The fourth-order valence-corrected chi connectivity index (χ4v) is 2.94. The summed E-state index contributed by atoms with van der Waals surface area (Å²) in [6.07, 6.45) is 11.2. The number of hydrogen-bond acceptors (Lipinski definition) is 3. The van der Waals surface area contributed by atoms with Crippen molar-refractivity contribution in [2.75, 3.05) is 13.2 Å². The monoisotopic (exact) mass is 280 g/mol. The molecule has 1 saturated heterocycles. The van der Waals surface area contributed by atoms with Crippen LogP contribution in [0.3, 0.4) is 0 Å². The van der Waals surface area contributed by atoms with Gasteiger partial charge in [-0.15, -0.1) is 0 Å². The SMILES string of the molecule is CCCCC=CC1=CC(O)CC2(COC(C)(C)OC2)C1. The minimum atomic E-state index is -0.492. The Labute approximate surface area is 122 Å². The standard InChI is InChI=1S/C17H28O3/c1-4-5-6-7-8-14-9-15(18)11-17(10-14)12-19-16(2,3)20-13-17/h7-9,15,18H,4-6,10-13H2,1-3H3. The van der Waals surface area contributed by atoms with Gasteiger partial charge in [-0.2, -0.15) is 0 Å². The predicted molar refractivity (Wildman–Crippen MR) is 80.4 cm³/mol. The quantitative estimate of drug-likeness (QED) is 0.800. The summed E-state index contributed by atoms with van der Waals surface area (Å²) in [5.74, 6) is -0.492. The molecule has 0 aromatic heterocycles. The molecule has 0 radical (unpaired) electrons. The molecule has 3 nitrogen and oxygen atoms in total. The third-order valence-electron chi connectivity index (χ3n) is 4.14. The molecule has 1 spiro atoms. The van der Waals surface area contributed by atoms with E-state index in [9.17, 15) is 5.11 Å². The van der Waals surface area contributed by atoms with E-state index < -0.39 is 5.79 Å². The van der Waals surface area contributed by atoms with Gasteiger partial charge in [0.1, 0.15) is 0 Å². The number of aliphatic hydroxyl groups excluding tert-OH is 1. The molecule has 1 aliphatic carbocycles. The molecule has 0 aromatic rings. The van der Waals surface area contributed by atoms with Crippen LogP contribution in [0, 0.1) is 5.41 Å². The minimum Gasteiger partial charge on any atom is -0.389 e. The predicted octanol–water partition coefficient (Wildman–Crippen LogP) is 3.58. The van der Waals surface area contributed by atoms with Gasteiger partial charge in [0.15, 0.2) is 5.79 Å². The van der Waals surface area contributed by atoms with Crippen molar-refractivity contribution in [1.82, 2.24) is 0 Å². The molecule has 0 bridgehead atoms. The number of allylic oxidation sites excluding steroid dienone is 3. The number of unbranched alkanes of at least 4 members (excludes halogenated alkanes) is 2. The highest BCUT2D eigenvalue weighted by Crippen LogP contribution is 2.42. The van der Waals surface area contributed by atoms with Crippen LogP contribution in [0.15, 0.2) is 23.8 Å². The number of rotatable bonds is 4. The van der Waals surface area contributed by atoms with Crippen molar-refractivity contribution in [2.45, 2.75) is 64.8 Å². The molecule has 2 rings (SSSR count). The van der Waals surface area contributed by atoms with E-state index in [1.807, 2.05) is 19.9 Å². The number of hydrogen-bond donors (Lipinski definition) is 1. The summed E-state index contributed by atoms with van der Waals surface area (Å²) in [5.41, 5.74) is 1.15. The first-order chi connectivity index (χ1) is 9.45. The van der Waals surface area contributed by atoms with E-state index >= 15 is 0 Å². The fourth-order valence-electron chi connectivity index (χ4n) is 2.94. The third kappa shape index (κ3) is 4.18. The molecule has 20 heavy (non-hydrogen) atoms. The van der Waals surface area contributed by atoms with Crippen molar-refractivity contribution in [3.8, 4) is 0 Å². The Morgan fingerprint density at radius 2 is 2.05 bits per heavy atom. The van der Waals surface area contributed by atoms with Gasteiger partial charge in [0, 0.05) is 5.41 Å². The highest BCUT2D eigenvalue weighted by molar-refractivity contribution is 5.25. The topological polar surface area (TPSA) is 38.7 Å². The van der Waals surface area contributed by atoms with Gasteiger partial charge >= 0.3 is 0 Å². The van der Waals surface area contributed by atoms with Gasteiger partial charge in [-0.3, -0.25) is 0 Å². The lowest BCUT2D eigenvalue weighted by Crippen LogP contribution is -2.49. The van der Waals surface area contributed by atoms with Crippen molar-refractivity contribution < 1.29 is 14.6 Å². The molecule has 0 aromatic carbocycles. The lowest BCUT2D eigenvalue weighted by atomic mass is 9.73. The maximum atomic E-state index is 10.1. The molecular formula is C17H28O3. The Kier molecular flexibility index (Phi) is 5.05. The molecule has 3 heteroatoms. The maximum Gasteiger partial charge on any atom is 0.162 e. The molecule has 1 N–H and O–H groups in total. The van der Waals surface area contributed by atoms with Gasteiger partial charge in [0.05, 0.1) is 19.3 Å². The van der Waals surface area contributed by atoms with Gasteiger partial charge in [0.25, 0.3) is 0 Å². The van der Waals surface area contributed by atoms with E-state index in [0.29, 0.717) is 13.2 Å².